The molecule has 1 aliphatic rings. The largest absolute Gasteiger partial charge is 0.384 e. The van der Waals surface area contributed by atoms with E-state index in [0.717, 1.165) is 60.6 Å². The number of carbonyl (C=O) groups is 1. The van der Waals surface area contributed by atoms with Gasteiger partial charge in [0.25, 0.3) is 0 Å². The molecule has 6 nitrogen and oxygen atoms in total. The molecule has 0 unspecified atom stereocenters. The molecular formula is C29H35N5O. The first-order valence-electron chi connectivity index (χ1n) is 12.9. The number of aromatic nitrogens is 2. The number of benzene rings is 2. The molecule has 0 saturated carbocycles. The highest BCUT2D eigenvalue weighted by Gasteiger charge is 2.18. The van der Waals surface area contributed by atoms with Crippen LogP contribution in [0, 0.1) is 0 Å². The monoisotopic (exact) mass is 469 g/mol. The number of hydrogen-bond donors (Lipinski definition) is 4. The van der Waals surface area contributed by atoms with Gasteiger partial charge in [-0.15, -0.1) is 0 Å². The fourth-order valence-corrected chi connectivity index (χ4v) is 5.19. The number of para-hydroxylation sites is 2. The number of nitrogens with one attached hydrogen (secondary N) is 3. The van der Waals surface area contributed by atoms with Gasteiger partial charge in [-0.2, -0.15) is 0 Å². The number of H-pyrrole nitrogens is 1. The first kappa shape index (κ1) is 23.4. The molecule has 2 aromatic heterocycles. The van der Waals surface area contributed by atoms with Gasteiger partial charge in [0, 0.05) is 47.0 Å². The summed E-state index contributed by atoms with van der Waals surface area (Å²) in [7, 11) is 0. The van der Waals surface area contributed by atoms with E-state index in [-0.39, 0.29) is 5.91 Å². The van der Waals surface area contributed by atoms with Crippen LogP contribution < -0.4 is 16.4 Å². The minimum Gasteiger partial charge on any atom is -0.384 e. The second kappa shape index (κ2) is 10.9. The maximum Gasteiger partial charge on any atom is 0.237 e. The number of unbranched alkanes of at least 4 members (excludes halogenated alkanes) is 2. The summed E-state index contributed by atoms with van der Waals surface area (Å²) >= 11 is 0. The maximum absolute atomic E-state index is 12.5. The van der Waals surface area contributed by atoms with Gasteiger partial charge in [0.2, 0.25) is 5.91 Å². The van der Waals surface area contributed by atoms with Crippen LogP contribution in [0.25, 0.3) is 21.8 Å². The van der Waals surface area contributed by atoms with Crippen molar-refractivity contribution in [3.05, 3.63) is 71.5 Å². The van der Waals surface area contributed by atoms with Crippen molar-refractivity contribution in [3.63, 3.8) is 0 Å². The van der Waals surface area contributed by atoms with Crippen molar-refractivity contribution in [3.8, 4) is 0 Å². The van der Waals surface area contributed by atoms with Gasteiger partial charge in [0.1, 0.15) is 0 Å². The number of aryl methyl sites for hydroxylation is 1. The van der Waals surface area contributed by atoms with E-state index < -0.39 is 6.04 Å². The number of fused-ring (bicyclic) bond motifs is 3. The fraction of sp³-hybridized carbons (Fsp3) is 0.379. The summed E-state index contributed by atoms with van der Waals surface area (Å²) in [6, 6.07) is 16.0. The molecule has 35 heavy (non-hydrogen) atoms. The zero-order chi connectivity index (χ0) is 24.0. The minimum atomic E-state index is -0.540. The lowest BCUT2D eigenvalue weighted by Crippen LogP contribution is -2.42. The summed E-state index contributed by atoms with van der Waals surface area (Å²) in [5, 5.41) is 9.09. The van der Waals surface area contributed by atoms with Crippen LogP contribution in [0.2, 0.25) is 0 Å². The van der Waals surface area contributed by atoms with Crippen molar-refractivity contribution < 1.29 is 4.79 Å². The van der Waals surface area contributed by atoms with Crippen LogP contribution in [-0.4, -0.2) is 35.0 Å². The average molecular weight is 470 g/mol. The Morgan fingerprint density at radius 3 is 2.66 bits per heavy atom. The Morgan fingerprint density at radius 1 is 0.971 bits per heavy atom. The first-order chi connectivity index (χ1) is 17.2. The Bertz CT molecular complexity index is 1310. The predicted molar refractivity (Wildman–Crippen MR) is 144 cm³/mol. The Morgan fingerprint density at radius 2 is 1.74 bits per heavy atom. The molecule has 2 heterocycles. The molecule has 0 fully saturated rings. The summed E-state index contributed by atoms with van der Waals surface area (Å²) in [6.45, 7) is 1.59. The number of carbonyl (C=O) groups excluding carboxylic acids is 1. The quantitative estimate of drug-likeness (QED) is 0.249. The van der Waals surface area contributed by atoms with Crippen molar-refractivity contribution in [1.82, 2.24) is 15.3 Å². The van der Waals surface area contributed by atoms with E-state index in [1.54, 1.807) is 0 Å². The maximum atomic E-state index is 12.5. The van der Waals surface area contributed by atoms with Gasteiger partial charge < -0.3 is 21.4 Å². The Labute approximate surface area is 206 Å². The highest BCUT2D eigenvalue weighted by atomic mass is 16.2. The molecule has 1 amide bonds. The molecule has 0 radical (unpaired) electrons. The van der Waals surface area contributed by atoms with Crippen LogP contribution in [0.3, 0.4) is 0 Å². The van der Waals surface area contributed by atoms with Gasteiger partial charge >= 0.3 is 0 Å². The Hall–Kier alpha value is -3.38. The van der Waals surface area contributed by atoms with Crippen LogP contribution in [-0.2, 0) is 24.1 Å². The number of hydrogen-bond acceptors (Lipinski definition) is 4. The summed E-state index contributed by atoms with van der Waals surface area (Å²) in [5.41, 5.74) is 13.4. The summed E-state index contributed by atoms with van der Waals surface area (Å²) in [5.74, 6) is -0.0803. The van der Waals surface area contributed by atoms with E-state index in [4.69, 9.17) is 10.7 Å². The highest BCUT2D eigenvalue weighted by molar-refractivity contribution is 5.93. The molecule has 0 saturated heterocycles. The Kier molecular flexibility index (Phi) is 7.28. The molecular weight excluding hydrogens is 434 g/mol. The highest BCUT2D eigenvalue weighted by Crippen LogP contribution is 2.33. The number of nitrogens with zero attached hydrogens (tertiary/aromatic N) is 1. The molecule has 1 atom stereocenters. The smallest absolute Gasteiger partial charge is 0.237 e. The number of aromatic amines is 1. The number of rotatable bonds is 10. The van der Waals surface area contributed by atoms with Crippen molar-refractivity contribution in [2.75, 3.05) is 18.4 Å². The van der Waals surface area contributed by atoms with Crippen molar-refractivity contribution in [1.29, 1.82) is 0 Å². The molecule has 0 bridgehead atoms. The van der Waals surface area contributed by atoms with E-state index in [0.29, 0.717) is 13.0 Å². The molecule has 182 valence electrons. The number of anilines is 1. The minimum absolute atomic E-state index is 0.0803. The van der Waals surface area contributed by atoms with E-state index in [1.807, 2.05) is 24.4 Å². The lowest BCUT2D eigenvalue weighted by atomic mass is 9.92. The third kappa shape index (κ3) is 5.33. The van der Waals surface area contributed by atoms with E-state index >= 15 is 0 Å². The molecule has 1 aliphatic carbocycles. The van der Waals surface area contributed by atoms with E-state index in [1.165, 1.54) is 35.2 Å². The Balaban J connectivity index is 1.06. The van der Waals surface area contributed by atoms with Gasteiger partial charge in [-0.1, -0.05) is 36.4 Å². The number of nitrogens with two attached hydrogens (primary N) is 1. The van der Waals surface area contributed by atoms with Gasteiger partial charge in [-0.25, -0.2) is 0 Å². The zero-order valence-electron chi connectivity index (χ0n) is 20.3. The third-order valence-electron chi connectivity index (χ3n) is 7.08. The van der Waals surface area contributed by atoms with Crippen molar-refractivity contribution >= 4 is 33.4 Å². The van der Waals surface area contributed by atoms with Gasteiger partial charge in [-0.3, -0.25) is 9.78 Å². The fourth-order valence-electron chi connectivity index (χ4n) is 5.19. The summed E-state index contributed by atoms with van der Waals surface area (Å²) in [4.78, 5) is 20.6. The third-order valence-corrected chi connectivity index (χ3v) is 7.08. The molecule has 4 aromatic rings. The molecule has 5 N–H and O–H groups in total. The van der Waals surface area contributed by atoms with Crippen LogP contribution in [0.15, 0.2) is 54.7 Å². The SMILES string of the molecule is N[C@@H](Cc1c[nH]c2ccccc12)C(=O)NCCCCCNc1c2c(nc3ccccc13)CCCC2. The summed E-state index contributed by atoms with van der Waals surface area (Å²) in [6.07, 6.45) is 10.2. The van der Waals surface area contributed by atoms with Crippen molar-refractivity contribution in [2.24, 2.45) is 5.73 Å². The molecule has 0 aliphatic heterocycles. The van der Waals surface area contributed by atoms with Crippen molar-refractivity contribution in [2.45, 2.75) is 57.4 Å². The van der Waals surface area contributed by atoms with Crippen LogP contribution in [0.5, 0.6) is 0 Å². The van der Waals surface area contributed by atoms with Gasteiger partial charge in [0.05, 0.1) is 11.6 Å². The van der Waals surface area contributed by atoms with Crippen LogP contribution in [0.1, 0.15) is 48.9 Å². The molecule has 0 spiro atoms. The second-order valence-corrected chi connectivity index (χ2v) is 9.58. The zero-order valence-corrected chi connectivity index (χ0v) is 20.3. The number of pyridine rings is 1. The van der Waals surface area contributed by atoms with E-state index in [9.17, 15) is 4.79 Å². The lowest BCUT2D eigenvalue weighted by molar-refractivity contribution is -0.122. The summed E-state index contributed by atoms with van der Waals surface area (Å²) < 4.78 is 0. The second-order valence-electron chi connectivity index (χ2n) is 9.58. The normalized spacial score (nSPS) is 14.1. The van der Waals surface area contributed by atoms with Crippen LogP contribution >= 0.6 is 0 Å². The molecule has 5 rings (SSSR count). The molecule has 6 heteroatoms. The number of amides is 1. The standard InChI is InChI=1S/C29H35N5O/c30-24(18-20-19-33-25-13-5-2-10-21(20)25)29(35)32-17-9-1-8-16-31-28-22-11-3-6-14-26(22)34-27-15-7-4-12-23(27)28/h2-3,5-6,10-11,13-14,19,24,33H,1,4,7-9,12,15-18,30H2,(H,31,34)(H,32,35)/t24-/m0/s1. The lowest BCUT2D eigenvalue weighted by Gasteiger charge is -2.21. The van der Waals surface area contributed by atoms with E-state index in [2.05, 4.69) is 45.9 Å². The first-order valence-corrected chi connectivity index (χ1v) is 12.9. The molecule has 2 aromatic carbocycles. The van der Waals surface area contributed by atoms with Gasteiger partial charge in [-0.05, 0) is 74.6 Å². The predicted octanol–water partition coefficient (Wildman–Crippen LogP) is 4.86. The van der Waals surface area contributed by atoms with Gasteiger partial charge in [0.15, 0.2) is 0 Å². The topological polar surface area (TPSA) is 95.8 Å². The van der Waals surface area contributed by atoms with Crippen LogP contribution in [0.4, 0.5) is 5.69 Å². The average Bonchev–Trinajstić information content (AvgIpc) is 3.30.